The Morgan fingerprint density at radius 1 is 1.10 bits per heavy atom. The minimum atomic E-state index is -3.74. The molecule has 3 rings (SSSR count). The van der Waals surface area contributed by atoms with Crippen molar-refractivity contribution in [2.24, 2.45) is 0 Å². The van der Waals surface area contributed by atoms with E-state index in [2.05, 4.69) is 10.2 Å². The number of nitrogens with one attached hydrogen (secondary N) is 1. The van der Waals surface area contributed by atoms with Crippen LogP contribution in [0.4, 0.5) is 10.1 Å². The monoisotopic (exact) mass is 449 g/mol. The molecule has 2 aromatic rings. The van der Waals surface area contributed by atoms with E-state index in [0.29, 0.717) is 0 Å². The third-order valence-corrected chi connectivity index (χ3v) is 6.41. The second-order valence-electron chi connectivity index (χ2n) is 7.63. The molecule has 2 aromatic carbocycles. The summed E-state index contributed by atoms with van der Waals surface area (Å²) in [6.45, 7) is 5.98. The molecule has 0 aromatic heterocycles. The van der Waals surface area contributed by atoms with Crippen LogP contribution in [-0.2, 0) is 32.6 Å². The molecule has 0 saturated carbocycles. The van der Waals surface area contributed by atoms with Gasteiger partial charge < -0.3 is 10.1 Å². The number of halogens is 1. The van der Waals surface area contributed by atoms with E-state index >= 15 is 0 Å². The standard InChI is InChI=1S/C22H28FN3O4S/c1-17(26(31(2,28)29)21-9-7-20(23)8-10-21)22(27)24-15-18-3-5-19(6-4-18)16-25-11-13-30-14-12-25/h3-10,17H,11-16H2,1-2H3,(H,24,27)/t17-/m1/s1. The van der Waals surface area contributed by atoms with Gasteiger partial charge >= 0.3 is 0 Å². The molecule has 9 heteroatoms. The Hall–Kier alpha value is -2.49. The molecule has 31 heavy (non-hydrogen) atoms. The van der Waals surface area contributed by atoms with E-state index in [9.17, 15) is 17.6 Å². The van der Waals surface area contributed by atoms with Crippen molar-refractivity contribution in [3.05, 3.63) is 65.5 Å². The summed E-state index contributed by atoms with van der Waals surface area (Å²) in [4.78, 5) is 15.0. The van der Waals surface area contributed by atoms with Crippen LogP contribution in [0.5, 0.6) is 0 Å². The first-order valence-corrected chi connectivity index (χ1v) is 12.0. The van der Waals surface area contributed by atoms with Gasteiger partial charge in [-0.1, -0.05) is 24.3 Å². The number of amides is 1. The van der Waals surface area contributed by atoms with Crippen molar-refractivity contribution in [1.82, 2.24) is 10.2 Å². The molecule has 0 spiro atoms. The first-order valence-electron chi connectivity index (χ1n) is 10.1. The molecule has 1 saturated heterocycles. The van der Waals surface area contributed by atoms with Crippen LogP contribution in [0.25, 0.3) is 0 Å². The maximum absolute atomic E-state index is 13.2. The Balaban J connectivity index is 1.60. The number of nitrogens with zero attached hydrogens (tertiary/aromatic N) is 2. The quantitative estimate of drug-likeness (QED) is 0.668. The van der Waals surface area contributed by atoms with Gasteiger partial charge in [0.25, 0.3) is 0 Å². The highest BCUT2D eigenvalue weighted by molar-refractivity contribution is 7.92. The SMILES string of the molecule is C[C@H](C(=O)NCc1ccc(CN2CCOCC2)cc1)N(c1ccc(F)cc1)S(C)(=O)=O. The van der Waals surface area contributed by atoms with Crippen LogP contribution < -0.4 is 9.62 Å². The van der Waals surface area contributed by atoms with E-state index in [-0.39, 0.29) is 12.2 Å². The lowest BCUT2D eigenvalue weighted by Crippen LogP contribution is -2.47. The van der Waals surface area contributed by atoms with Crippen LogP contribution in [0.2, 0.25) is 0 Å². The molecule has 168 valence electrons. The Bertz CT molecular complexity index is 975. The number of hydrogen-bond acceptors (Lipinski definition) is 5. The highest BCUT2D eigenvalue weighted by Gasteiger charge is 2.29. The van der Waals surface area contributed by atoms with Gasteiger partial charge in [-0.15, -0.1) is 0 Å². The van der Waals surface area contributed by atoms with Gasteiger partial charge in [-0.3, -0.25) is 14.0 Å². The number of carbonyl (C=O) groups excluding carboxylic acids is 1. The molecule has 0 radical (unpaired) electrons. The van der Waals surface area contributed by atoms with E-state index in [4.69, 9.17) is 4.74 Å². The Morgan fingerprint density at radius 2 is 1.68 bits per heavy atom. The molecule has 0 aliphatic carbocycles. The van der Waals surface area contributed by atoms with Crippen molar-refractivity contribution in [1.29, 1.82) is 0 Å². The largest absolute Gasteiger partial charge is 0.379 e. The summed E-state index contributed by atoms with van der Waals surface area (Å²) in [7, 11) is -3.74. The van der Waals surface area contributed by atoms with Gasteiger partial charge in [0.15, 0.2) is 0 Å². The molecular formula is C22H28FN3O4S. The number of sulfonamides is 1. The van der Waals surface area contributed by atoms with E-state index in [1.807, 2.05) is 24.3 Å². The number of morpholine rings is 1. The second-order valence-corrected chi connectivity index (χ2v) is 9.49. The van der Waals surface area contributed by atoms with Gasteiger partial charge in [-0.05, 0) is 42.3 Å². The van der Waals surface area contributed by atoms with Crippen LogP contribution in [-0.4, -0.2) is 57.8 Å². The fourth-order valence-corrected chi connectivity index (χ4v) is 4.69. The van der Waals surface area contributed by atoms with Crippen molar-refractivity contribution in [2.45, 2.75) is 26.1 Å². The smallest absolute Gasteiger partial charge is 0.243 e. The van der Waals surface area contributed by atoms with Crippen molar-refractivity contribution < 1.29 is 22.3 Å². The van der Waals surface area contributed by atoms with Crippen molar-refractivity contribution in [3.8, 4) is 0 Å². The lowest BCUT2D eigenvalue weighted by molar-refractivity contribution is -0.122. The summed E-state index contributed by atoms with van der Waals surface area (Å²) in [6, 6.07) is 12.0. The lowest BCUT2D eigenvalue weighted by Gasteiger charge is -2.28. The fourth-order valence-electron chi connectivity index (χ4n) is 3.51. The van der Waals surface area contributed by atoms with Crippen LogP contribution in [0, 0.1) is 5.82 Å². The summed E-state index contributed by atoms with van der Waals surface area (Å²) >= 11 is 0. The number of benzene rings is 2. The summed E-state index contributed by atoms with van der Waals surface area (Å²) in [5.74, 6) is -0.918. The van der Waals surface area contributed by atoms with E-state index in [1.165, 1.54) is 24.6 Å². The van der Waals surface area contributed by atoms with Gasteiger partial charge in [-0.25, -0.2) is 12.8 Å². The first-order chi connectivity index (χ1) is 14.7. The number of rotatable bonds is 8. The van der Waals surface area contributed by atoms with Gasteiger partial charge in [0.05, 0.1) is 25.2 Å². The van der Waals surface area contributed by atoms with Gasteiger partial charge in [0.2, 0.25) is 15.9 Å². The average molecular weight is 450 g/mol. The van der Waals surface area contributed by atoms with Gasteiger partial charge in [-0.2, -0.15) is 0 Å². The Kier molecular flexibility index (Phi) is 7.64. The Labute approximate surface area is 182 Å². The maximum Gasteiger partial charge on any atom is 0.243 e. The summed E-state index contributed by atoms with van der Waals surface area (Å²) in [5.41, 5.74) is 2.34. The molecular weight excluding hydrogens is 421 g/mol. The number of anilines is 1. The minimum absolute atomic E-state index is 0.235. The van der Waals surface area contributed by atoms with Crippen molar-refractivity contribution >= 4 is 21.6 Å². The highest BCUT2D eigenvalue weighted by atomic mass is 32.2. The van der Waals surface area contributed by atoms with Crippen molar-refractivity contribution in [3.63, 3.8) is 0 Å². The maximum atomic E-state index is 13.2. The second kappa shape index (κ2) is 10.2. The number of hydrogen-bond donors (Lipinski definition) is 1. The molecule has 1 atom stereocenters. The summed E-state index contributed by atoms with van der Waals surface area (Å²) < 4.78 is 44.1. The molecule has 0 bridgehead atoms. The van der Waals surface area contributed by atoms with Gasteiger partial charge in [0, 0.05) is 26.2 Å². The molecule has 1 N–H and O–H groups in total. The summed E-state index contributed by atoms with van der Waals surface area (Å²) in [5, 5.41) is 2.79. The van der Waals surface area contributed by atoms with E-state index < -0.39 is 27.8 Å². The normalized spacial score (nSPS) is 16.0. The molecule has 7 nitrogen and oxygen atoms in total. The predicted molar refractivity (Wildman–Crippen MR) is 118 cm³/mol. The zero-order valence-corrected chi connectivity index (χ0v) is 18.6. The molecule has 1 amide bonds. The first kappa shape index (κ1) is 23.2. The third kappa shape index (κ3) is 6.49. The van der Waals surface area contributed by atoms with Gasteiger partial charge in [0.1, 0.15) is 11.9 Å². The molecule has 1 fully saturated rings. The third-order valence-electron chi connectivity index (χ3n) is 5.17. The molecule has 1 heterocycles. The zero-order chi connectivity index (χ0) is 22.4. The van der Waals surface area contributed by atoms with Crippen LogP contribution in [0.15, 0.2) is 48.5 Å². The average Bonchev–Trinajstić information content (AvgIpc) is 2.74. The topological polar surface area (TPSA) is 79.0 Å². The predicted octanol–water partition coefficient (Wildman–Crippen LogP) is 2.13. The number of ether oxygens (including phenoxy) is 1. The van der Waals surface area contributed by atoms with Crippen molar-refractivity contribution in [2.75, 3.05) is 36.9 Å². The molecule has 1 aliphatic rings. The van der Waals surface area contributed by atoms with Crippen LogP contribution in [0.3, 0.4) is 0 Å². The minimum Gasteiger partial charge on any atom is -0.379 e. The lowest BCUT2D eigenvalue weighted by atomic mass is 10.1. The summed E-state index contributed by atoms with van der Waals surface area (Å²) in [6.07, 6.45) is 1.02. The molecule has 1 aliphatic heterocycles. The van der Waals surface area contributed by atoms with E-state index in [1.54, 1.807) is 0 Å². The van der Waals surface area contributed by atoms with Crippen LogP contribution >= 0.6 is 0 Å². The number of carbonyl (C=O) groups is 1. The molecule has 0 unspecified atom stereocenters. The van der Waals surface area contributed by atoms with Crippen LogP contribution in [0.1, 0.15) is 18.1 Å². The van der Waals surface area contributed by atoms with E-state index in [0.717, 1.165) is 61.1 Å². The fraction of sp³-hybridized carbons (Fsp3) is 0.409. The Morgan fingerprint density at radius 3 is 2.26 bits per heavy atom. The zero-order valence-electron chi connectivity index (χ0n) is 17.8. The highest BCUT2D eigenvalue weighted by Crippen LogP contribution is 2.21.